The van der Waals surface area contributed by atoms with Gasteiger partial charge in [-0.3, -0.25) is 0 Å². The van der Waals surface area contributed by atoms with Gasteiger partial charge in [-0.05, 0) is 18.2 Å². The standard InChI is InChI=1S/C10H10Cl2F3NS/c11-8-2-1-7(3-9(8)12)17-5-6(4-16)10(13,14)15/h1-3,6H,4-5,16H2. The van der Waals surface area contributed by atoms with Crippen molar-refractivity contribution in [2.45, 2.75) is 11.1 Å². The van der Waals surface area contributed by atoms with E-state index in [1.807, 2.05) is 0 Å². The molecule has 7 heteroatoms. The number of alkyl halides is 3. The third-order valence-corrected chi connectivity index (χ3v) is 3.99. The molecule has 0 bridgehead atoms. The first-order valence-corrected chi connectivity index (χ1v) is 6.43. The molecule has 0 aromatic heterocycles. The molecule has 1 nitrogen and oxygen atoms in total. The smallest absolute Gasteiger partial charge is 0.330 e. The van der Waals surface area contributed by atoms with E-state index in [9.17, 15) is 13.2 Å². The molecule has 0 aliphatic heterocycles. The Morgan fingerprint density at radius 2 is 1.88 bits per heavy atom. The molecule has 96 valence electrons. The van der Waals surface area contributed by atoms with E-state index >= 15 is 0 Å². The molecule has 1 rings (SSSR count). The SMILES string of the molecule is NCC(CSc1ccc(Cl)c(Cl)c1)C(F)(F)F. The maximum absolute atomic E-state index is 12.4. The molecule has 0 heterocycles. The van der Waals surface area contributed by atoms with Gasteiger partial charge in [-0.25, -0.2) is 0 Å². The molecular weight excluding hydrogens is 294 g/mol. The predicted molar refractivity (Wildman–Crippen MR) is 65.8 cm³/mol. The fraction of sp³-hybridized carbons (Fsp3) is 0.400. The van der Waals surface area contributed by atoms with Gasteiger partial charge in [0.2, 0.25) is 0 Å². The van der Waals surface area contributed by atoms with E-state index in [1.165, 1.54) is 0 Å². The zero-order valence-corrected chi connectivity index (χ0v) is 10.9. The summed E-state index contributed by atoms with van der Waals surface area (Å²) in [6.07, 6.45) is -4.27. The van der Waals surface area contributed by atoms with Crippen LogP contribution in [-0.2, 0) is 0 Å². The monoisotopic (exact) mass is 303 g/mol. The minimum atomic E-state index is -4.27. The molecule has 0 aliphatic rings. The van der Waals surface area contributed by atoms with Crippen LogP contribution >= 0.6 is 35.0 Å². The Morgan fingerprint density at radius 1 is 1.24 bits per heavy atom. The van der Waals surface area contributed by atoms with Crippen molar-refractivity contribution in [2.24, 2.45) is 11.7 Å². The average molecular weight is 304 g/mol. The zero-order valence-electron chi connectivity index (χ0n) is 8.60. The number of nitrogens with two attached hydrogens (primary N) is 1. The van der Waals surface area contributed by atoms with Crippen molar-refractivity contribution in [3.8, 4) is 0 Å². The summed E-state index contributed by atoms with van der Waals surface area (Å²) in [7, 11) is 0. The molecule has 1 aromatic rings. The third-order valence-electron chi connectivity index (χ3n) is 2.09. The Kier molecular flexibility index (Phi) is 5.44. The quantitative estimate of drug-likeness (QED) is 0.843. The first-order valence-electron chi connectivity index (χ1n) is 4.69. The second-order valence-corrected chi connectivity index (χ2v) is 5.27. The topological polar surface area (TPSA) is 26.0 Å². The Balaban J connectivity index is 2.63. The maximum atomic E-state index is 12.4. The van der Waals surface area contributed by atoms with Gasteiger partial charge in [0.1, 0.15) is 0 Å². The average Bonchev–Trinajstić information content (AvgIpc) is 2.22. The summed E-state index contributed by atoms with van der Waals surface area (Å²) in [6.45, 7) is -0.419. The van der Waals surface area contributed by atoms with Gasteiger partial charge < -0.3 is 5.73 Å². The van der Waals surface area contributed by atoms with Crippen molar-refractivity contribution in [1.29, 1.82) is 0 Å². The lowest BCUT2D eigenvalue weighted by molar-refractivity contribution is -0.165. The summed E-state index contributed by atoms with van der Waals surface area (Å²) in [6, 6.07) is 4.72. The lowest BCUT2D eigenvalue weighted by Crippen LogP contribution is -2.32. The third kappa shape index (κ3) is 4.58. The zero-order chi connectivity index (χ0) is 13.1. The van der Waals surface area contributed by atoms with Gasteiger partial charge in [0, 0.05) is 17.2 Å². The number of benzene rings is 1. The largest absolute Gasteiger partial charge is 0.393 e. The van der Waals surface area contributed by atoms with Gasteiger partial charge in [-0.15, -0.1) is 11.8 Å². The molecule has 17 heavy (non-hydrogen) atoms. The van der Waals surface area contributed by atoms with Crippen LogP contribution in [0.15, 0.2) is 23.1 Å². The van der Waals surface area contributed by atoms with Crippen LogP contribution in [0.2, 0.25) is 10.0 Å². The number of hydrogen-bond donors (Lipinski definition) is 1. The highest BCUT2D eigenvalue weighted by atomic mass is 35.5. The first-order chi connectivity index (χ1) is 7.84. The number of halogens is 5. The Morgan fingerprint density at radius 3 is 2.35 bits per heavy atom. The Hall–Kier alpha value is -0.100. The van der Waals surface area contributed by atoms with Crippen LogP contribution in [0.1, 0.15) is 0 Å². The number of thioether (sulfide) groups is 1. The summed E-state index contributed by atoms with van der Waals surface area (Å²) < 4.78 is 37.3. The molecule has 2 N–H and O–H groups in total. The predicted octanol–water partition coefficient (Wildman–Crippen LogP) is 4.22. The second-order valence-electron chi connectivity index (χ2n) is 3.36. The van der Waals surface area contributed by atoms with E-state index < -0.39 is 18.6 Å². The molecule has 0 fully saturated rings. The van der Waals surface area contributed by atoms with Crippen LogP contribution in [0, 0.1) is 5.92 Å². The minimum Gasteiger partial charge on any atom is -0.330 e. The van der Waals surface area contributed by atoms with Crippen molar-refractivity contribution in [3.05, 3.63) is 28.2 Å². The molecule has 0 spiro atoms. The summed E-state index contributed by atoms with van der Waals surface area (Å²) in [5, 5.41) is 0.704. The molecule has 1 unspecified atom stereocenters. The van der Waals surface area contributed by atoms with Gasteiger partial charge in [0.25, 0.3) is 0 Å². The van der Waals surface area contributed by atoms with E-state index in [1.54, 1.807) is 18.2 Å². The lowest BCUT2D eigenvalue weighted by Gasteiger charge is -2.17. The van der Waals surface area contributed by atoms with Crippen LogP contribution in [0.3, 0.4) is 0 Å². The molecular formula is C10H10Cl2F3NS. The van der Waals surface area contributed by atoms with Crippen LogP contribution < -0.4 is 5.73 Å². The van der Waals surface area contributed by atoms with E-state index in [0.717, 1.165) is 11.8 Å². The van der Waals surface area contributed by atoms with Crippen LogP contribution in [-0.4, -0.2) is 18.5 Å². The Bertz CT molecular complexity index is 384. The molecule has 0 saturated heterocycles. The highest BCUT2D eigenvalue weighted by Gasteiger charge is 2.38. The summed E-state index contributed by atoms with van der Waals surface area (Å²) in [4.78, 5) is 0.641. The van der Waals surface area contributed by atoms with E-state index in [0.29, 0.717) is 14.9 Å². The van der Waals surface area contributed by atoms with Gasteiger partial charge >= 0.3 is 6.18 Å². The van der Waals surface area contributed by atoms with Crippen molar-refractivity contribution >= 4 is 35.0 Å². The highest BCUT2D eigenvalue weighted by Crippen LogP contribution is 2.33. The van der Waals surface area contributed by atoms with Gasteiger partial charge in [0.05, 0.1) is 16.0 Å². The van der Waals surface area contributed by atoms with E-state index in [-0.39, 0.29) is 5.75 Å². The van der Waals surface area contributed by atoms with Gasteiger partial charge in [-0.2, -0.15) is 13.2 Å². The summed E-state index contributed by atoms with van der Waals surface area (Å²) in [5.41, 5.74) is 5.10. The minimum absolute atomic E-state index is 0.127. The Labute approximate surface area is 111 Å². The van der Waals surface area contributed by atoms with Crippen molar-refractivity contribution in [2.75, 3.05) is 12.3 Å². The second kappa shape index (κ2) is 6.18. The van der Waals surface area contributed by atoms with Gasteiger partial charge in [-0.1, -0.05) is 23.2 Å². The molecule has 1 aromatic carbocycles. The van der Waals surface area contributed by atoms with E-state index in [2.05, 4.69) is 0 Å². The van der Waals surface area contributed by atoms with Crippen LogP contribution in [0.4, 0.5) is 13.2 Å². The maximum Gasteiger partial charge on any atom is 0.393 e. The fourth-order valence-electron chi connectivity index (χ4n) is 1.06. The van der Waals surface area contributed by atoms with Crippen molar-refractivity contribution < 1.29 is 13.2 Å². The van der Waals surface area contributed by atoms with Crippen LogP contribution in [0.5, 0.6) is 0 Å². The number of rotatable bonds is 4. The van der Waals surface area contributed by atoms with E-state index in [4.69, 9.17) is 28.9 Å². The molecule has 0 radical (unpaired) electrons. The van der Waals surface area contributed by atoms with Gasteiger partial charge in [0.15, 0.2) is 0 Å². The number of hydrogen-bond acceptors (Lipinski definition) is 2. The highest BCUT2D eigenvalue weighted by molar-refractivity contribution is 7.99. The molecule has 0 saturated carbocycles. The summed E-state index contributed by atoms with van der Waals surface area (Å²) >= 11 is 12.5. The molecule has 1 atom stereocenters. The van der Waals surface area contributed by atoms with Crippen LogP contribution in [0.25, 0.3) is 0 Å². The first kappa shape index (κ1) is 15.0. The summed E-state index contributed by atoms with van der Waals surface area (Å²) in [5.74, 6) is -1.64. The lowest BCUT2D eigenvalue weighted by atomic mass is 10.2. The molecule has 0 aliphatic carbocycles. The fourth-order valence-corrected chi connectivity index (χ4v) is 2.51. The molecule has 0 amide bonds. The van der Waals surface area contributed by atoms with Crippen molar-refractivity contribution in [3.63, 3.8) is 0 Å². The normalized spacial score (nSPS) is 13.8. The van der Waals surface area contributed by atoms with Crippen molar-refractivity contribution in [1.82, 2.24) is 0 Å².